The van der Waals surface area contributed by atoms with Crippen LogP contribution in [0.25, 0.3) is 0 Å². The van der Waals surface area contributed by atoms with Crippen LogP contribution in [-0.4, -0.2) is 4.99 Å². The van der Waals surface area contributed by atoms with Crippen LogP contribution in [0.1, 0.15) is 29.5 Å². The van der Waals surface area contributed by atoms with Crippen LogP contribution < -0.4 is 10.1 Å². The van der Waals surface area contributed by atoms with Gasteiger partial charge in [0.1, 0.15) is 12.4 Å². The molecular weight excluding hydrogens is 278 g/mol. The fourth-order valence-corrected chi connectivity index (χ4v) is 2.75. The van der Waals surface area contributed by atoms with Crippen LogP contribution in [0.15, 0.2) is 42.5 Å². The van der Waals surface area contributed by atoms with E-state index in [1.54, 1.807) is 0 Å². The molecule has 3 heteroatoms. The summed E-state index contributed by atoms with van der Waals surface area (Å²) >= 11 is 5.28. The first-order chi connectivity index (χ1) is 10.2. The molecule has 0 saturated heterocycles. The second kappa shape index (κ2) is 6.27. The molecule has 108 valence electrons. The van der Waals surface area contributed by atoms with E-state index < -0.39 is 0 Å². The van der Waals surface area contributed by atoms with E-state index in [0.717, 1.165) is 35.7 Å². The summed E-state index contributed by atoms with van der Waals surface area (Å²) in [6.07, 6.45) is 3.11. The van der Waals surface area contributed by atoms with E-state index in [0.29, 0.717) is 6.61 Å². The van der Waals surface area contributed by atoms with Crippen LogP contribution in [0.5, 0.6) is 5.75 Å². The Morgan fingerprint density at radius 1 is 1.10 bits per heavy atom. The van der Waals surface area contributed by atoms with Gasteiger partial charge in [0.15, 0.2) is 0 Å². The number of anilines is 1. The van der Waals surface area contributed by atoms with Gasteiger partial charge in [-0.15, -0.1) is 0 Å². The molecule has 1 heterocycles. The summed E-state index contributed by atoms with van der Waals surface area (Å²) in [7, 11) is 0. The van der Waals surface area contributed by atoms with Crippen molar-refractivity contribution < 1.29 is 4.74 Å². The highest BCUT2D eigenvalue weighted by atomic mass is 32.1. The van der Waals surface area contributed by atoms with Crippen LogP contribution in [0, 0.1) is 6.92 Å². The fourth-order valence-electron chi connectivity index (χ4n) is 2.49. The van der Waals surface area contributed by atoms with E-state index in [4.69, 9.17) is 17.0 Å². The molecule has 2 nitrogen and oxygen atoms in total. The largest absolute Gasteiger partial charge is 0.489 e. The number of rotatable bonds is 3. The molecule has 0 spiro atoms. The maximum Gasteiger partial charge on any atom is 0.120 e. The predicted octanol–water partition coefficient (Wildman–Crippen LogP) is 4.65. The van der Waals surface area contributed by atoms with Crippen molar-refractivity contribution in [2.75, 3.05) is 5.32 Å². The molecule has 0 unspecified atom stereocenters. The van der Waals surface area contributed by atoms with Gasteiger partial charge in [-0.25, -0.2) is 0 Å². The Bertz CT molecular complexity index is 649. The Labute approximate surface area is 131 Å². The van der Waals surface area contributed by atoms with Gasteiger partial charge in [0.25, 0.3) is 0 Å². The van der Waals surface area contributed by atoms with E-state index in [-0.39, 0.29) is 0 Å². The number of hydrogen-bond donors (Lipinski definition) is 1. The zero-order valence-electron chi connectivity index (χ0n) is 12.2. The summed E-state index contributed by atoms with van der Waals surface area (Å²) < 4.78 is 5.91. The fraction of sp³-hybridized carbons (Fsp3) is 0.278. The van der Waals surface area contributed by atoms with Crippen LogP contribution in [0.4, 0.5) is 5.69 Å². The second-order valence-electron chi connectivity index (χ2n) is 5.49. The average Bonchev–Trinajstić information content (AvgIpc) is 2.67. The number of ether oxygens (including phenoxy) is 1. The molecule has 0 atom stereocenters. The van der Waals surface area contributed by atoms with Gasteiger partial charge in [-0.1, -0.05) is 42.0 Å². The molecule has 0 bridgehead atoms. The summed E-state index contributed by atoms with van der Waals surface area (Å²) in [5.41, 5.74) is 4.87. The first kappa shape index (κ1) is 14.1. The SMILES string of the molecule is Cc1ccc(COc2ccc3c(c2)CCCC(=S)N3)cc1. The van der Waals surface area contributed by atoms with E-state index in [2.05, 4.69) is 48.6 Å². The number of hydrogen-bond acceptors (Lipinski definition) is 2. The zero-order valence-corrected chi connectivity index (χ0v) is 13.0. The van der Waals surface area contributed by atoms with E-state index in [9.17, 15) is 0 Å². The molecule has 0 aliphatic carbocycles. The molecule has 0 amide bonds. The third-order valence-electron chi connectivity index (χ3n) is 3.73. The molecule has 0 radical (unpaired) electrons. The lowest BCUT2D eigenvalue weighted by Gasteiger charge is -2.11. The van der Waals surface area contributed by atoms with Gasteiger partial charge in [-0.05, 0) is 55.5 Å². The molecule has 1 aliphatic rings. The minimum absolute atomic E-state index is 0.602. The van der Waals surface area contributed by atoms with Gasteiger partial charge in [0.2, 0.25) is 0 Å². The number of benzene rings is 2. The van der Waals surface area contributed by atoms with E-state index in [1.165, 1.54) is 16.7 Å². The molecule has 2 aromatic carbocycles. The predicted molar refractivity (Wildman–Crippen MR) is 91.1 cm³/mol. The molecule has 1 N–H and O–H groups in total. The lowest BCUT2D eigenvalue weighted by molar-refractivity contribution is 0.306. The van der Waals surface area contributed by atoms with Crippen molar-refractivity contribution in [3.8, 4) is 5.75 Å². The van der Waals surface area contributed by atoms with Gasteiger partial charge < -0.3 is 10.1 Å². The van der Waals surface area contributed by atoms with Crippen molar-refractivity contribution in [1.29, 1.82) is 0 Å². The number of nitrogens with one attached hydrogen (secondary N) is 1. The standard InChI is InChI=1S/C18H19NOS/c1-13-5-7-14(8-6-13)12-20-16-9-10-17-15(11-16)3-2-4-18(21)19-17/h5-11H,2-4,12H2,1H3,(H,19,21). The number of fused-ring (bicyclic) bond motifs is 1. The number of thiocarbonyl (C=S) groups is 1. The quantitative estimate of drug-likeness (QED) is 0.833. The Hall–Kier alpha value is -1.87. The van der Waals surface area contributed by atoms with Crippen LogP contribution >= 0.6 is 12.2 Å². The smallest absolute Gasteiger partial charge is 0.120 e. The van der Waals surface area contributed by atoms with Gasteiger partial charge in [0, 0.05) is 5.69 Å². The van der Waals surface area contributed by atoms with E-state index in [1.807, 2.05) is 6.07 Å². The van der Waals surface area contributed by atoms with Crippen LogP contribution in [0.3, 0.4) is 0 Å². The average molecular weight is 297 g/mol. The van der Waals surface area contributed by atoms with Crippen molar-refractivity contribution in [3.63, 3.8) is 0 Å². The minimum atomic E-state index is 0.602. The summed E-state index contributed by atoms with van der Waals surface area (Å²) in [5, 5.41) is 3.31. The van der Waals surface area contributed by atoms with Gasteiger partial charge in [-0.2, -0.15) is 0 Å². The first-order valence-corrected chi connectivity index (χ1v) is 7.73. The molecular formula is C18H19NOS. The van der Waals surface area contributed by atoms with Gasteiger partial charge in [0.05, 0.1) is 4.99 Å². The maximum atomic E-state index is 5.91. The molecule has 0 saturated carbocycles. The highest BCUT2D eigenvalue weighted by Crippen LogP contribution is 2.27. The molecule has 1 aliphatic heterocycles. The molecule has 2 aromatic rings. The Morgan fingerprint density at radius 3 is 2.71 bits per heavy atom. The Kier molecular flexibility index (Phi) is 4.20. The summed E-state index contributed by atoms with van der Waals surface area (Å²) in [4.78, 5) is 0.932. The van der Waals surface area contributed by atoms with Gasteiger partial charge in [-0.3, -0.25) is 0 Å². The van der Waals surface area contributed by atoms with Crippen LogP contribution in [-0.2, 0) is 13.0 Å². The highest BCUT2D eigenvalue weighted by molar-refractivity contribution is 7.80. The molecule has 21 heavy (non-hydrogen) atoms. The van der Waals surface area contributed by atoms with Crippen molar-refractivity contribution >= 4 is 22.9 Å². The zero-order chi connectivity index (χ0) is 14.7. The molecule has 3 rings (SSSR count). The monoisotopic (exact) mass is 297 g/mol. The summed E-state index contributed by atoms with van der Waals surface area (Å²) in [6.45, 7) is 2.69. The summed E-state index contributed by atoms with van der Waals surface area (Å²) in [5.74, 6) is 0.920. The maximum absolute atomic E-state index is 5.91. The van der Waals surface area contributed by atoms with Crippen LogP contribution in [0.2, 0.25) is 0 Å². The van der Waals surface area contributed by atoms with Crippen molar-refractivity contribution in [2.45, 2.75) is 32.8 Å². The molecule has 0 aromatic heterocycles. The summed E-state index contributed by atoms with van der Waals surface area (Å²) in [6, 6.07) is 14.6. The molecule has 0 fully saturated rings. The van der Waals surface area contributed by atoms with Crippen molar-refractivity contribution in [2.24, 2.45) is 0 Å². The van der Waals surface area contributed by atoms with E-state index >= 15 is 0 Å². The highest BCUT2D eigenvalue weighted by Gasteiger charge is 2.11. The number of aryl methyl sites for hydroxylation is 2. The Balaban J connectivity index is 1.70. The second-order valence-corrected chi connectivity index (χ2v) is 5.99. The normalized spacial score (nSPS) is 14.0. The topological polar surface area (TPSA) is 21.3 Å². The van der Waals surface area contributed by atoms with Gasteiger partial charge >= 0.3 is 0 Å². The Morgan fingerprint density at radius 2 is 1.90 bits per heavy atom. The lowest BCUT2D eigenvalue weighted by atomic mass is 10.1. The van der Waals surface area contributed by atoms with Crippen molar-refractivity contribution in [3.05, 3.63) is 59.2 Å². The third-order valence-corrected chi connectivity index (χ3v) is 4.03. The minimum Gasteiger partial charge on any atom is -0.489 e. The lowest BCUT2D eigenvalue weighted by Crippen LogP contribution is -2.06. The third kappa shape index (κ3) is 3.61. The first-order valence-electron chi connectivity index (χ1n) is 7.32. The van der Waals surface area contributed by atoms with Crippen molar-refractivity contribution in [1.82, 2.24) is 0 Å².